The second-order valence-electron chi connectivity index (χ2n) is 12.8. The van der Waals surface area contributed by atoms with Gasteiger partial charge in [0.05, 0.1) is 33.0 Å². The number of benzene rings is 5. The Bertz CT molecular complexity index is 1840. The number of thiazole rings is 1. The summed E-state index contributed by atoms with van der Waals surface area (Å²) in [5.74, 6) is 0. The summed E-state index contributed by atoms with van der Waals surface area (Å²) in [6.45, 7) is 1.10. The van der Waals surface area contributed by atoms with Gasteiger partial charge in [0, 0.05) is 18.1 Å². The Morgan fingerprint density at radius 3 is 1.40 bits per heavy atom. The van der Waals surface area contributed by atoms with Crippen LogP contribution in [0, 0.1) is 0 Å². The molecular formula is C44H46N2O6S. The van der Waals surface area contributed by atoms with Gasteiger partial charge >= 0.3 is 0 Å². The summed E-state index contributed by atoms with van der Waals surface area (Å²) in [4.78, 5) is 4.69. The van der Waals surface area contributed by atoms with Crippen molar-refractivity contribution >= 4 is 11.3 Å². The number of rotatable bonds is 21. The summed E-state index contributed by atoms with van der Waals surface area (Å²) in [6.07, 6.45) is -2.18. The molecule has 2 N–H and O–H groups in total. The fourth-order valence-electron chi connectivity index (χ4n) is 6.12. The fraction of sp³-hybridized carbons (Fsp3) is 0.250. The SMILES string of the molecule is O[C@H](COCc1ccccc1)[C@H](OCc1ccccc1)[C@H](OCc1ccccc1)[C@@H](OCc1ccccc1)[C@H](c1nccs1)N(O)Cc1ccccc1. The van der Waals surface area contributed by atoms with Crippen molar-refractivity contribution in [2.45, 2.75) is 63.4 Å². The van der Waals surface area contributed by atoms with Crippen molar-refractivity contribution in [3.05, 3.63) is 196 Å². The van der Waals surface area contributed by atoms with E-state index in [2.05, 4.69) is 0 Å². The number of hydrogen-bond donors (Lipinski definition) is 2. The van der Waals surface area contributed by atoms with E-state index in [1.807, 2.05) is 157 Å². The van der Waals surface area contributed by atoms with E-state index in [1.165, 1.54) is 16.4 Å². The van der Waals surface area contributed by atoms with E-state index in [0.29, 0.717) is 11.6 Å². The standard InChI is InChI=1S/C44H46N2O6S/c47-39(33-49-29-35-18-8-2-9-19-35)41(50-30-36-20-10-3-11-21-36)43(52-32-38-24-14-5-15-25-38)42(51-31-37-22-12-4-13-23-37)40(44-45-26-27-53-44)46(48)28-34-16-6-1-7-17-34/h1-27,39-43,47-48H,28-33H2/t39-,40-,41+,42+,43+/m1/s1. The molecule has 0 radical (unpaired) electrons. The van der Waals surface area contributed by atoms with E-state index in [4.69, 9.17) is 23.9 Å². The second kappa shape index (κ2) is 20.6. The Balaban J connectivity index is 1.39. The molecule has 8 nitrogen and oxygen atoms in total. The van der Waals surface area contributed by atoms with E-state index >= 15 is 0 Å². The third kappa shape index (κ3) is 11.7. The van der Waals surface area contributed by atoms with Gasteiger partial charge in [0.25, 0.3) is 0 Å². The normalized spacial score (nSPS) is 14.4. The molecule has 0 bridgehead atoms. The highest BCUT2D eigenvalue weighted by Crippen LogP contribution is 2.35. The van der Waals surface area contributed by atoms with Gasteiger partial charge in [-0.2, -0.15) is 5.06 Å². The van der Waals surface area contributed by atoms with Gasteiger partial charge in [-0.25, -0.2) is 4.98 Å². The van der Waals surface area contributed by atoms with Crippen molar-refractivity contribution in [1.29, 1.82) is 0 Å². The maximum absolute atomic E-state index is 12.1. The largest absolute Gasteiger partial charge is 0.388 e. The molecule has 5 aromatic carbocycles. The van der Waals surface area contributed by atoms with Gasteiger partial charge in [-0.3, -0.25) is 0 Å². The first-order chi connectivity index (χ1) is 26.1. The predicted molar refractivity (Wildman–Crippen MR) is 206 cm³/mol. The molecule has 0 aliphatic heterocycles. The molecule has 1 heterocycles. The van der Waals surface area contributed by atoms with Gasteiger partial charge in [-0.15, -0.1) is 11.3 Å². The van der Waals surface area contributed by atoms with Gasteiger partial charge in [-0.05, 0) is 27.8 Å². The molecule has 0 unspecified atom stereocenters. The van der Waals surface area contributed by atoms with Crippen LogP contribution in [0.5, 0.6) is 0 Å². The number of nitrogens with zero attached hydrogens (tertiary/aromatic N) is 2. The molecule has 274 valence electrons. The predicted octanol–water partition coefficient (Wildman–Crippen LogP) is 8.41. The molecule has 0 spiro atoms. The zero-order chi connectivity index (χ0) is 36.5. The van der Waals surface area contributed by atoms with Gasteiger partial charge < -0.3 is 29.3 Å². The Morgan fingerprint density at radius 2 is 0.943 bits per heavy atom. The number of aliphatic hydroxyl groups is 1. The topological polar surface area (TPSA) is 93.5 Å². The lowest BCUT2D eigenvalue weighted by Crippen LogP contribution is -2.54. The van der Waals surface area contributed by atoms with Crippen LogP contribution in [0.4, 0.5) is 0 Å². The molecule has 6 aromatic rings. The number of hydroxylamine groups is 2. The Hall–Kier alpha value is -4.55. The first-order valence-electron chi connectivity index (χ1n) is 17.8. The third-order valence-corrected chi connectivity index (χ3v) is 9.65. The van der Waals surface area contributed by atoms with E-state index in [1.54, 1.807) is 6.20 Å². The van der Waals surface area contributed by atoms with Gasteiger partial charge in [0.15, 0.2) is 0 Å². The minimum atomic E-state index is -1.13. The summed E-state index contributed by atoms with van der Waals surface area (Å²) in [6, 6.07) is 48.3. The fourth-order valence-corrected chi connectivity index (χ4v) is 6.90. The average Bonchev–Trinajstić information content (AvgIpc) is 3.74. The zero-order valence-corrected chi connectivity index (χ0v) is 30.4. The van der Waals surface area contributed by atoms with Gasteiger partial charge in [0.2, 0.25) is 0 Å². The van der Waals surface area contributed by atoms with Crippen LogP contribution >= 0.6 is 11.3 Å². The van der Waals surface area contributed by atoms with Crippen LogP contribution in [0.1, 0.15) is 38.9 Å². The van der Waals surface area contributed by atoms with Crippen LogP contribution in [-0.2, 0) is 51.9 Å². The third-order valence-electron chi connectivity index (χ3n) is 8.81. The zero-order valence-electron chi connectivity index (χ0n) is 29.5. The summed E-state index contributed by atoms with van der Waals surface area (Å²) in [7, 11) is 0. The molecule has 0 aliphatic rings. The van der Waals surface area contributed by atoms with Crippen molar-refractivity contribution in [3.8, 4) is 0 Å². The van der Waals surface area contributed by atoms with Crippen molar-refractivity contribution in [2.75, 3.05) is 6.61 Å². The molecule has 0 fully saturated rings. The van der Waals surface area contributed by atoms with Crippen molar-refractivity contribution < 1.29 is 29.3 Å². The van der Waals surface area contributed by atoms with Crippen LogP contribution in [0.15, 0.2) is 163 Å². The first kappa shape index (κ1) is 38.2. The highest BCUT2D eigenvalue weighted by atomic mass is 32.1. The van der Waals surface area contributed by atoms with E-state index in [-0.39, 0.29) is 33.0 Å². The van der Waals surface area contributed by atoms with E-state index in [0.717, 1.165) is 27.8 Å². The van der Waals surface area contributed by atoms with Crippen LogP contribution in [0.25, 0.3) is 0 Å². The van der Waals surface area contributed by atoms with Crippen LogP contribution in [-0.4, -0.2) is 51.4 Å². The molecule has 5 atom stereocenters. The summed E-state index contributed by atoms with van der Waals surface area (Å²) in [5, 5.41) is 27.9. The Labute approximate surface area is 315 Å². The Kier molecular flexibility index (Phi) is 14.9. The highest BCUT2D eigenvalue weighted by Gasteiger charge is 2.44. The van der Waals surface area contributed by atoms with Crippen LogP contribution < -0.4 is 0 Å². The highest BCUT2D eigenvalue weighted by molar-refractivity contribution is 7.09. The maximum Gasteiger partial charge on any atom is 0.116 e. The second-order valence-corrected chi connectivity index (χ2v) is 13.7. The number of aromatic nitrogens is 1. The summed E-state index contributed by atoms with van der Waals surface area (Å²) >= 11 is 1.42. The maximum atomic E-state index is 12.1. The molecule has 9 heteroatoms. The van der Waals surface area contributed by atoms with Crippen molar-refractivity contribution in [1.82, 2.24) is 10.0 Å². The van der Waals surface area contributed by atoms with Crippen molar-refractivity contribution in [3.63, 3.8) is 0 Å². The molecule has 6 rings (SSSR count). The molecule has 0 saturated heterocycles. The smallest absolute Gasteiger partial charge is 0.116 e. The quantitative estimate of drug-likeness (QED) is 0.0714. The number of aliphatic hydroxyl groups excluding tert-OH is 1. The molecule has 53 heavy (non-hydrogen) atoms. The molecule has 0 saturated carbocycles. The number of ether oxygens (including phenoxy) is 4. The lowest BCUT2D eigenvalue weighted by Gasteiger charge is -2.40. The summed E-state index contributed by atoms with van der Waals surface area (Å²) < 4.78 is 26.5. The lowest BCUT2D eigenvalue weighted by molar-refractivity contribution is -0.234. The minimum absolute atomic E-state index is 0.0280. The van der Waals surface area contributed by atoms with E-state index in [9.17, 15) is 10.3 Å². The average molecular weight is 731 g/mol. The molecule has 0 aliphatic carbocycles. The van der Waals surface area contributed by atoms with Crippen LogP contribution in [0.3, 0.4) is 0 Å². The van der Waals surface area contributed by atoms with E-state index < -0.39 is 30.5 Å². The van der Waals surface area contributed by atoms with Gasteiger partial charge in [0.1, 0.15) is 35.5 Å². The van der Waals surface area contributed by atoms with Crippen molar-refractivity contribution in [2.24, 2.45) is 0 Å². The Morgan fingerprint density at radius 1 is 0.528 bits per heavy atom. The number of hydrogen-bond acceptors (Lipinski definition) is 9. The molecule has 1 aromatic heterocycles. The first-order valence-corrected chi connectivity index (χ1v) is 18.7. The van der Waals surface area contributed by atoms with Gasteiger partial charge in [-0.1, -0.05) is 152 Å². The molecular weight excluding hydrogens is 685 g/mol. The monoisotopic (exact) mass is 730 g/mol. The minimum Gasteiger partial charge on any atom is -0.388 e. The summed E-state index contributed by atoms with van der Waals surface area (Å²) in [5.41, 5.74) is 4.71. The lowest BCUT2D eigenvalue weighted by atomic mass is 9.96. The van der Waals surface area contributed by atoms with Crippen LogP contribution in [0.2, 0.25) is 0 Å². The molecule has 0 amide bonds.